The molecule has 20 heavy (non-hydrogen) atoms. The number of benzene rings is 1. The van der Waals surface area contributed by atoms with Crippen LogP contribution in [0.1, 0.15) is 64.4 Å². The Morgan fingerprint density at radius 2 is 1.75 bits per heavy atom. The van der Waals surface area contributed by atoms with Crippen molar-refractivity contribution < 1.29 is 0 Å². The van der Waals surface area contributed by atoms with Crippen molar-refractivity contribution in [3.05, 3.63) is 35.9 Å². The first-order valence-electron chi connectivity index (χ1n) is 8.45. The first-order chi connectivity index (χ1) is 9.66. The first-order valence-corrected chi connectivity index (χ1v) is 8.45. The van der Waals surface area contributed by atoms with E-state index < -0.39 is 0 Å². The van der Waals surface area contributed by atoms with Crippen molar-refractivity contribution in [1.29, 1.82) is 0 Å². The van der Waals surface area contributed by atoms with Crippen LogP contribution in [0, 0.1) is 5.92 Å². The predicted octanol–water partition coefficient (Wildman–Crippen LogP) is 4.96. The molecule has 0 radical (unpaired) electrons. The summed E-state index contributed by atoms with van der Waals surface area (Å²) in [6.45, 7) is 5.88. The van der Waals surface area contributed by atoms with Crippen LogP contribution in [0.5, 0.6) is 0 Å². The fourth-order valence-electron chi connectivity index (χ4n) is 3.28. The summed E-state index contributed by atoms with van der Waals surface area (Å²) in [5, 5.41) is 3.78. The van der Waals surface area contributed by atoms with Gasteiger partial charge >= 0.3 is 0 Å². The molecule has 0 atom stereocenters. The third-order valence-electron chi connectivity index (χ3n) is 4.76. The molecule has 0 saturated heterocycles. The zero-order valence-corrected chi connectivity index (χ0v) is 13.3. The van der Waals surface area contributed by atoms with Crippen molar-refractivity contribution in [3.8, 4) is 0 Å². The lowest BCUT2D eigenvalue weighted by Crippen LogP contribution is -2.40. The molecule has 0 aliphatic heterocycles. The summed E-state index contributed by atoms with van der Waals surface area (Å²) in [6, 6.07) is 10.8. The van der Waals surface area contributed by atoms with Crippen LogP contribution in [-0.4, -0.2) is 12.1 Å². The number of hydrogen-bond acceptors (Lipinski definition) is 1. The van der Waals surface area contributed by atoms with Crippen LogP contribution in [0.2, 0.25) is 0 Å². The molecule has 1 N–H and O–H groups in total. The average molecular weight is 273 g/mol. The Hall–Kier alpha value is -0.820. The second-order valence-corrected chi connectivity index (χ2v) is 7.09. The summed E-state index contributed by atoms with van der Waals surface area (Å²) in [6.07, 6.45) is 11.1. The molecule has 1 nitrogen and oxygen atoms in total. The minimum atomic E-state index is 0.254. The standard InChI is InChI=1S/C19H31N/c1-19(2,15-13-17-9-5-3-6-10-17)20-16-14-18-11-7-4-8-12-18/h3,5-6,9-10,18,20H,4,7-8,11-16H2,1-2H3. The summed E-state index contributed by atoms with van der Waals surface area (Å²) in [7, 11) is 0. The maximum absolute atomic E-state index is 3.78. The normalized spacial score (nSPS) is 17.3. The molecule has 1 aromatic carbocycles. The van der Waals surface area contributed by atoms with Crippen molar-refractivity contribution in [3.63, 3.8) is 0 Å². The Bertz CT molecular complexity index is 363. The third-order valence-corrected chi connectivity index (χ3v) is 4.76. The SMILES string of the molecule is CC(C)(CCc1ccccc1)NCCC1CCCCC1. The van der Waals surface area contributed by atoms with Gasteiger partial charge in [-0.2, -0.15) is 0 Å². The molecule has 1 saturated carbocycles. The van der Waals surface area contributed by atoms with Gasteiger partial charge in [0.25, 0.3) is 0 Å². The fourth-order valence-corrected chi connectivity index (χ4v) is 3.28. The zero-order chi connectivity index (χ0) is 14.3. The molecule has 1 aromatic rings. The van der Waals surface area contributed by atoms with Crippen LogP contribution in [0.3, 0.4) is 0 Å². The van der Waals surface area contributed by atoms with Gasteiger partial charge in [0.15, 0.2) is 0 Å². The van der Waals surface area contributed by atoms with E-state index in [2.05, 4.69) is 49.5 Å². The largest absolute Gasteiger partial charge is 0.312 e. The van der Waals surface area contributed by atoms with E-state index in [1.165, 1.54) is 63.5 Å². The van der Waals surface area contributed by atoms with Gasteiger partial charge < -0.3 is 5.32 Å². The molecular weight excluding hydrogens is 242 g/mol. The van der Waals surface area contributed by atoms with Crippen LogP contribution < -0.4 is 5.32 Å². The Morgan fingerprint density at radius 1 is 1.05 bits per heavy atom. The highest BCUT2D eigenvalue weighted by atomic mass is 14.9. The molecule has 0 unspecified atom stereocenters. The van der Waals surface area contributed by atoms with Gasteiger partial charge in [-0.05, 0) is 51.1 Å². The van der Waals surface area contributed by atoms with E-state index in [1.54, 1.807) is 0 Å². The monoisotopic (exact) mass is 273 g/mol. The molecule has 2 rings (SSSR count). The van der Waals surface area contributed by atoms with Crippen molar-refractivity contribution in [2.75, 3.05) is 6.54 Å². The van der Waals surface area contributed by atoms with Gasteiger partial charge in [0.05, 0.1) is 0 Å². The first kappa shape index (κ1) is 15.6. The van der Waals surface area contributed by atoms with E-state index in [0.29, 0.717) is 0 Å². The molecule has 112 valence electrons. The fraction of sp³-hybridized carbons (Fsp3) is 0.684. The lowest BCUT2D eigenvalue weighted by Gasteiger charge is -2.28. The van der Waals surface area contributed by atoms with E-state index in [9.17, 15) is 0 Å². The van der Waals surface area contributed by atoms with Crippen molar-refractivity contribution in [2.45, 2.75) is 70.8 Å². The Kier molecular flexibility index (Phi) is 6.09. The molecular formula is C19H31N. The maximum atomic E-state index is 3.78. The Morgan fingerprint density at radius 3 is 2.45 bits per heavy atom. The highest BCUT2D eigenvalue weighted by molar-refractivity contribution is 5.15. The Balaban J connectivity index is 1.65. The predicted molar refractivity (Wildman–Crippen MR) is 88.0 cm³/mol. The summed E-state index contributed by atoms with van der Waals surface area (Å²) in [4.78, 5) is 0. The van der Waals surface area contributed by atoms with Crippen molar-refractivity contribution in [2.24, 2.45) is 5.92 Å². The molecule has 1 aliphatic rings. The van der Waals surface area contributed by atoms with Gasteiger partial charge in [-0.15, -0.1) is 0 Å². The topological polar surface area (TPSA) is 12.0 Å². The highest BCUT2D eigenvalue weighted by Crippen LogP contribution is 2.26. The van der Waals surface area contributed by atoms with E-state index in [1.807, 2.05) is 0 Å². The van der Waals surface area contributed by atoms with Gasteiger partial charge in [0.2, 0.25) is 0 Å². The lowest BCUT2D eigenvalue weighted by molar-refractivity contribution is 0.301. The molecule has 1 heteroatoms. The van der Waals surface area contributed by atoms with Crippen LogP contribution in [0.15, 0.2) is 30.3 Å². The van der Waals surface area contributed by atoms with Gasteiger partial charge in [0.1, 0.15) is 0 Å². The minimum absolute atomic E-state index is 0.254. The third kappa shape index (κ3) is 5.66. The zero-order valence-electron chi connectivity index (χ0n) is 13.3. The van der Waals surface area contributed by atoms with Crippen LogP contribution in [0.4, 0.5) is 0 Å². The van der Waals surface area contributed by atoms with E-state index in [4.69, 9.17) is 0 Å². The molecule has 0 amide bonds. The van der Waals surface area contributed by atoms with Gasteiger partial charge in [0, 0.05) is 5.54 Å². The highest BCUT2D eigenvalue weighted by Gasteiger charge is 2.18. The van der Waals surface area contributed by atoms with Crippen LogP contribution >= 0.6 is 0 Å². The van der Waals surface area contributed by atoms with Crippen LogP contribution in [0.25, 0.3) is 0 Å². The maximum Gasteiger partial charge on any atom is 0.0128 e. The van der Waals surface area contributed by atoms with E-state index >= 15 is 0 Å². The quantitative estimate of drug-likeness (QED) is 0.740. The summed E-state index contributed by atoms with van der Waals surface area (Å²) in [5.41, 5.74) is 1.71. The second-order valence-electron chi connectivity index (χ2n) is 7.09. The molecule has 0 bridgehead atoms. The molecule has 1 aliphatic carbocycles. The van der Waals surface area contributed by atoms with Gasteiger partial charge in [-0.1, -0.05) is 62.4 Å². The molecule has 0 spiro atoms. The van der Waals surface area contributed by atoms with Crippen LogP contribution in [-0.2, 0) is 6.42 Å². The van der Waals surface area contributed by atoms with E-state index in [0.717, 1.165) is 5.92 Å². The number of aryl methyl sites for hydroxylation is 1. The van der Waals surface area contributed by atoms with Crippen molar-refractivity contribution >= 4 is 0 Å². The average Bonchev–Trinajstić information content (AvgIpc) is 2.47. The van der Waals surface area contributed by atoms with Gasteiger partial charge in [-0.25, -0.2) is 0 Å². The molecule has 0 heterocycles. The van der Waals surface area contributed by atoms with Gasteiger partial charge in [-0.3, -0.25) is 0 Å². The molecule has 1 fully saturated rings. The molecule has 0 aromatic heterocycles. The lowest BCUT2D eigenvalue weighted by atomic mass is 9.86. The number of rotatable bonds is 7. The number of hydrogen-bond donors (Lipinski definition) is 1. The van der Waals surface area contributed by atoms with E-state index in [-0.39, 0.29) is 5.54 Å². The van der Waals surface area contributed by atoms with Crippen molar-refractivity contribution in [1.82, 2.24) is 5.32 Å². The number of nitrogens with one attached hydrogen (secondary N) is 1. The summed E-state index contributed by atoms with van der Waals surface area (Å²) >= 11 is 0. The Labute approximate surface area is 125 Å². The minimum Gasteiger partial charge on any atom is -0.312 e. The summed E-state index contributed by atoms with van der Waals surface area (Å²) in [5.74, 6) is 0.987. The summed E-state index contributed by atoms with van der Waals surface area (Å²) < 4.78 is 0. The second kappa shape index (κ2) is 7.83. The smallest absolute Gasteiger partial charge is 0.0128 e.